The summed E-state index contributed by atoms with van der Waals surface area (Å²) < 4.78 is 35.6. The van der Waals surface area contributed by atoms with E-state index in [-0.39, 0.29) is 19.0 Å². The molecule has 0 amide bonds. The number of nitrogens with zero attached hydrogens (tertiary/aromatic N) is 3. The van der Waals surface area contributed by atoms with Crippen LogP contribution in [0.5, 0.6) is 11.5 Å². The van der Waals surface area contributed by atoms with E-state index in [2.05, 4.69) is 0 Å². The Bertz CT molecular complexity index is 2280. The molecule has 8 nitrogen and oxygen atoms in total. The quantitative estimate of drug-likeness (QED) is 0.0714. The number of aryl methyl sites for hydroxylation is 3. The van der Waals surface area contributed by atoms with Gasteiger partial charge in [-0.15, -0.1) is 11.8 Å². The minimum Gasteiger partial charge on any atom is -0.497 e. The highest BCUT2D eigenvalue weighted by molar-refractivity contribution is 7.98. The number of esters is 1. The van der Waals surface area contributed by atoms with E-state index in [4.69, 9.17) is 30.9 Å². The first-order valence-corrected chi connectivity index (χ1v) is 19.5. The molecule has 0 aliphatic carbocycles. The highest BCUT2D eigenvalue weighted by Gasteiger charge is 2.29. The summed E-state index contributed by atoms with van der Waals surface area (Å²) in [6.07, 6.45) is 5.12. The van der Waals surface area contributed by atoms with Crippen molar-refractivity contribution in [3.63, 3.8) is 0 Å². The van der Waals surface area contributed by atoms with E-state index in [0.717, 1.165) is 98.2 Å². The van der Waals surface area contributed by atoms with Crippen molar-refractivity contribution in [1.82, 2.24) is 14.3 Å². The minimum absolute atomic E-state index is 0.218. The van der Waals surface area contributed by atoms with Gasteiger partial charge in [0.05, 0.1) is 43.2 Å². The summed E-state index contributed by atoms with van der Waals surface area (Å²) >= 11 is 8.67. The van der Waals surface area contributed by atoms with Crippen LogP contribution in [0.15, 0.2) is 71.6 Å². The number of hydrogen-bond acceptors (Lipinski definition) is 7. The molecule has 4 aromatic carbocycles. The number of carbonyl (C=O) groups is 1. The van der Waals surface area contributed by atoms with E-state index < -0.39 is 5.97 Å². The Balaban J connectivity index is 1.19. The number of carbonyl (C=O) groups excluding carboxylic acids is 1. The van der Waals surface area contributed by atoms with Crippen molar-refractivity contribution in [2.45, 2.75) is 69.2 Å². The van der Waals surface area contributed by atoms with Gasteiger partial charge in [0.15, 0.2) is 0 Å². The lowest BCUT2D eigenvalue weighted by Crippen LogP contribution is -2.13. The Labute approximate surface area is 317 Å². The van der Waals surface area contributed by atoms with Crippen LogP contribution in [0.2, 0.25) is 5.02 Å². The van der Waals surface area contributed by atoms with E-state index in [1.807, 2.05) is 64.8 Å². The number of rotatable bonds is 13. The topological polar surface area (TPSA) is 87.7 Å². The summed E-state index contributed by atoms with van der Waals surface area (Å²) in [5.41, 5.74) is 6.53. The molecule has 53 heavy (non-hydrogen) atoms. The molecule has 6 aromatic rings. The third-order valence-corrected chi connectivity index (χ3v) is 11.3. The van der Waals surface area contributed by atoms with Gasteiger partial charge in [0.2, 0.25) is 0 Å². The summed E-state index contributed by atoms with van der Waals surface area (Å²) in [7, 11) is 3.52. The van der Waals surface area contributed by atoms with Crippen LogP contribution >= 0.6 is 23.4 Å². The van der Waals surface area contributed by atoms with Gasteiger partial charge in [-0.25, -0.2) is 9.18 Å². The Kier molecular flexibility index (Phi) is 11.3. The lowest BCUT2D eigenvalue weighted by molar-refractivity contribution is 0.0514. The van der Waals surface area contributed by atoms with Gasteiger partial charge in [-0.05, 0) is 104 Å². The van der Waals surface area contributed by atoms with Gasteiger partial charge in [0.1, 0.15) is 23.0 Å². The molecule has 0 saturated carbocycles. The van der Waals surface area contributed by atoms with Crippen molar-refractivity contribution in [2.24, 2.45) is 7.05 Å². The van der Waals surface area contributed by atoms with Crippen molar-refractivity contribution in [1.29, 1.82) is 0 Å². The van der Waals surface area contributed by atoms with Crippen molar-refractivity contribution in [3.05, 3.63) is 106 Å². The fourth-order valence-electron chi connectivity index (χ4n) is 7.47. The first-order chi connectivity index (χ1) is 25.8. The number of aromatic nitrogens is 3. The maximum absolute atomic E-state index is 14.4. The van der Waals surface area contributed by atoms with Crippen molar-refractivity contribution < 1.29 is 28.5 Å². The van der Waals surface area contributed by atoms with Crippen molar-refractivity contribution in [3.8, 4) is 22.6 Å². The molecule has 1 aliphatic rings. The molecule has 1 aliphatic heterocycles. The summed E-state index contributed by atoms with van der Waals surface area (Å²) in [5, 5.41) is 18.3. The number of methoxy groups -OCH3 is 1. The molecule has 0 bridgehead atoms. The molecular formula is C42H43ClFN3O5S. The van der Waals surface area contributed by atoms with Crippen LogP contribution in [0, 0.1) is 5.82 Å². The van der Waals surface area contributed by atoms with Crippen molar-refractivity contribution in [2.75, 3.05) is 20.3 Å². The van der Waals surface area contributed by atoms with Gasteiger partial charge in [-0.1, -0.05) is 36.2 Å². The summed E-state index contributed by atoms with van der Waals surface area (Å²) in [6, 6.07) is 20.5. The lowest BCUT2D eigenvalue weighted by atomic mass is 9.96. The molecule has 0 fully saturated rings. The molecule has 2 aromatic heterocycles. The number of aliphatic hydroxyl groups excluding tert-OH is 1. The zero-order valence-electron chi connectivity index (χ0n) is 30.2. The molecule has 0 unspecified atom stereocenters. The molecular weight excluding hydrogens is 713 g/mol. The Morgan fingerprint density at radius 3 is 2.60 bits per heavy atom. The van der Waals surface area contributed by atoms with Gasteiger partial charge < -0.3 is 23.9 Å². The van der Waals surface area contributed by atoms with E-state index in [0.29, 0.717) is 41.6 Å². The number of aliphatic hydroxyl groups is 1. The molecule has 0 saturated heterocycles. The van der Waals surface area contributed by atoms with Crippen LogP contribution in [-0.4, -0.2) is 45.7 Å². The number of hydrogen-bond donors (Lipinski definition) is 1. The van der Waals surface area contributed by atoms with Gasteiger partial charge >= 0.3 is 5.97 Å². The summed E-state index contributed by atoms with van der Waals surface area (Å²) in [5.74, 6) is 1.50. The molecule has 0 radical (unpaired) electrons. The fourth-order valence-corrected chi connectivity index (χ4v) is 8.65. The monoisotopic (exact) mass is 755 g/mol. The maximum atomic E-state index is 14.4. The van der Waals surface area contributed by atoms with Gasteiger partial charge in [0.25, 0.3) is 0 Å². The standard InChI is InChI=1S/C42H43ClFN3O5S/c1-4-51-42(49)41-32(33-17-18-34(43)38(40(33)46(41)2)39-35(24-48)45-47-19-7-5-6-10-36(39)47)9-8-20-52-37-23-30(22-27-21-28(44)13-16-31(27)37)53-25-26-11-14-29(50-3)15-12-26/h11-18,21-23,48H,4-10,19-20,24-25H2,1-3H3. The highest BCUT2D eigenvalue weighted by Crippen LogP contribution is 2.43. The van der Waals surface area contributed by atoms with Crippen molar-refractivity contribution >= 4 is 51.0 Å². The predicted octanol–water partition coefficient (Wildman–Crippen LogP) is 9.70. The average molecular weight is 756 g/mol. The second-order valence-electron chi connectivity index (χ2n) is 13.3. The fraction of sp³-hybridized carbons (Fsp3) is 0.333. The third kappa shape index (κ3) is 7.50. The SMILES string of the molecule is CCOC(=O)c1c(CCCOc2cc(SCc3ccc(OC)cc3)cc3cc(F)ccc23)c2ccc(Cl)c(-c3c(CO)nn4c3CCCCC4)c2n1C. The van der Waals surface area contributed by atoms with Crippen LogP contribution in [0.1, 0.15) is 65.6 Å². The first-order valence-electron chi connectivity index (χ1n) is 18.1. The first kappa shape index (κ1) is 36.8. The Morgan fingerprint density at radius 1 is 1.02 bits per heavy atom. The van der Waals surface area contributed by atoms with E-state index in [9.17, 15) is 14.3 Å². The second kappa shape index (κ2) is 16.2. The number of thioether (sulfide) groups is 1. The minimum atomic E-state index is -0.407. The number of benzene rings is 4. The van der Waals surface area contributed by atoms with Gasteiger partial charge in [0, 0.05) is 51.8 Å². The number of halogens is 2. The third-order valence-electron chi connectivity index (χ3n) is 9.93. The van der Waals surface area contributed by atoms with E-state index >= 15 is 0 Å². The largest absolute Gasteiger partial charge is 0.497 e. The van der Waals surface area contributed by atoms with Crippen LogP contribution in [-0.2, 0) is 43.5 Å². The maximum Gasteiger partial charge on any atom is 0.355 e. The molecule has 0 atom stereocenters. The normalized spacial score (nSPS) is 12.9. The van der Waals surface area contributed by atoms with Crippen LogP contribution in [0.25, 0.3) is 32.8 Å². The van der Waals surface area contributed by atoms with Gasteiger partial charge in [-0.3, -0.25) is 4.68 Å². The van der Waals surface area contributed by atoms with E-state index in [1.54, 1.807) is 31.9 Å². The summed E-state index contributed by atoms with van der Waals surface area (Å²) in [6.45, 7) is 2.97. The molecule has 11 heteroatoms. The van der Waals surface area contributed by atoms with Crippen LogP contribution < -0.4 is 9.47 Å². The average Bonchev–Trinajstić information content (AvgIpc) is 3.54. The molecule has 1 N–H and O–H groups in total. The molecule has 0 spiro atoms. The molecule has 7 rings (SSSR count). The summed E-state index contributed by atoms with van der Waals surface area (Å²) in [4.78, 5) is 14.6. The zero-order valence-corrected chi connectivity index (χ0v) is 31.8. The van der Waals surface area contributed by atoms with E-state index in [1.165, 1.54) is 12.1 Å². The zero-order chi connectivity index (χ0) is 37.1. The molecule has 3 heterocycles. The van der Waals surface area contributed by atoms with Crippen LogP contribution in [0.3, 0.4) is 0 Å². The van der Waals surface area contributed by atoms with Gasteiger partial charge in [-0.2, -0.15) is 5.10 Å². The smallest absolute Gasteiger partial charge is 0.355 e. The predicted molar refractivity (Wildman–Crippen MR) is 209 cm³/mol. The Morgan fingerprint density at radius 2 is 1.83 bits per heavy atom. The molecule has 276 valence electrons. The lowest BCUT2D eigenvalue weighted by Gasteiger charge is -2.13. The van der Waals surface area contributed by atoms with Crippen LogP contribution in [0.4, 0.5) is 4.39 Å². The number of fused-ring (bicyclic) bond motifs is 3. The highest BCUT2D eigenvalue weighted by atomic mass is 35.5. The Hall–Kier alpha value is -4.51. The number of ether oxygens (including phenoxy) is 3. The second-order valence-corrected chi connectivity index (χ2v) is 14.7.